The van der Waals surface area contributed by atoms with Crippen molar-refractivity contribution in [2.45, 2.75) is 38.0 Å². The third kappa shape index (κ3) is 3.87. The third-order valence-corrected chi connectivity index (χ3v) is 2.97. The lowest BCUT2D eigenvalue weighted by molar-refractivity contribution is -0.137. The number of rotatable bonds is 3. The maximum atomic E-state index is 12.6. The largest absolute Gasteiger partial charge is 0.416 e. The number of halogens is 3. The molecule has 2 rings (SSSR count). The van der Waals surface area contributed by atoms with Gasteiger partial charge in [0.1, 0.15) is 0 Å². The molecule has 1 aromatic carbocycles. The highest BCUT2D eigenvalue weighted by Gasteiger charge is 2.31. The summed E-state index contributed by atoms with van der Waals surface area (Å²) < 4.78 is 37.7. The van der Waals surface area contributed by atoms with Crippen molar-refractivity contribution in [1.29, 1.82) is 0 Å². The van der Waals surface area contributed by atoms with Gasteiger partial charge in [-0.15, -0.1) is 0 Å². The van der Waals surface area contributed by atoms with Crippen molar-refractivity contribution in [1.82, 2.24) is 10.6 Å². The highest BCUT2D eigenvalue weighted by Crippen LogP contribution is 2.30. The molecule has 1 fully saturated rings. The quantitative estimate of drug-likeness (QED) is 0.871. The maximum absolute atomic E-state index is 12.6. The van der Waals surface area contributed by atoms with Crippen LogP contribution in [0.4, 0.5) is 18.0 Å². The van der Waals surface area contributed by atoms with Gasteiger partial charge in [0.05, 0.1) is 11.6 Å². The molecular formula is C13H15F3N2O. The second-order valence-corrected chi connectivity index (χ2v) is 4.74. The van der Waals surface area contributed by atoms with E-state index in [4.69, 9.17) is 0 Å². The monoisotopic (exact) mass is 272 g/mol. The highest BCUT2D eigenvalue weighted by atomic mass is 19.4. The average molecular weight is 272 g/mol. The molecular weight excluding hydrogens is 257 g/mol. The molecule has 0 aliphatic heterocycles. The molecule has 19 heavy (non-hydrogen) atoms. The van der Waals surface area contributed by atoms with Crippen molar-refractivity contribution in [3.05, 3.63) is 35.4 Å². The van der Waals surface area contributed by atoms with Crippen molar-refractivity contribution < 1.29 is 18.0 Å². The first kappa shape index (κ1) is 13.7. The summed E-state index contributed by atoms with van der Waals surface area (Å²) in [6, 6.07) is 4.39. The summed E-state index contributed by atoms with van der Waals surface area (Å²) in [5.41, 5.74) is -0.276. The molecule has 0 radical (unpaired) electrons. The van der Waals surface area contributed by atoms with Crippen LogP contribution in [0, 0.1) is 0 Å². The standard InChI is InChI=1S/C13H15F3N2O/c1-8(17-12(19)18-11-5-6-11)9-3-2-4-10(7-9)13(14,15)16/h2-4,7-8,11H,5-6H2,1H3,(H2,17,18,19)/t8-/m1/s1. The van der Waals surface area contributed by atoms with Crippen molar-refractivity contribution in [3.63, 3.8) is 0 Å². The first-order valence-corrected chi connectivity index (χ1v) is 6.10. The van der Waals surface area contributed by atoms with E-state index in [0.29, 0.717) is 5.56 Å². The van der Waals surface area contributed by atoms with E-state index < -0.39 is 17.8 Å². The molecule has 0 unspecified atom stereocenters. The van der Waals surface area contributed by atoms with Gasteiger partial charge >= 0.3 is 12.2 Å². The highest BCUT2D eigenvalue weighted by molar-refractivity contribution is 5.75. The normalized spacial score (nSPS) is 16.8. The molecule has 1 aromatic rings. The fourth-order valence-electron chi connectivity index (χ4n) is 1.72. The van der Waals surface area contributed by atoms with E-state index >= 15 is 0 Å². The number of carbonyl (C=O) groups excluding carboxylic acids is 1. The molecule has 6 heteroatoms. The number of amides is 2. The summed E-state index contributed by atoms with van der Waals surface area (Å²) in [6.07, 6.45) is -2.44. The van der Waals surface area contributed by atoms with Crippen LogP contribution in [-0.2, 0) is 6.18 Å². The predicted molar refractivity (Wildman–Crippen MR) is 64.5 cm³/mol. The Kier molecular flexibility index (Phi) is 3.68. The summed E-state index contributed by atoms with van der Waals surface area (Å²) >= 11 is 0. The SMILES string of the molecule is C[C@@H](NC(=O)NC1CC1)c1cccc(C(F)(F)F)c1. The summed E-state index contributed by atoms with van der Waals surface area (Å²) in [7, 11) is 0. The molecule has 1 aliphatic rings. The molecule has 104 valence electrons. The summed E-state index contributed by atoms with van der Waals surface area (Å²) in [4.78, 5) is 11.5. The van der Waals surface area contributed by atoms with Gasteiger partial charge in [0, 0.05) is 6.04 Å². The van der Waals surface area contributed by atoms with E-state index in [2.05, 4.69) is 10.6 Å². The number of alkyl halides is 3. The zero-order chi connectivity index (χ0) is 14.0. The second-order valence-electron chi connectivity index (χ2n) is 4.74. The van der Waals surface area contributed by atoms with Crippen LogP contribution < -0.4 is 10.6 Å². The van der Waals surface area contributed by atoms with Gasteiger partial charge in [-0.2, -0.15) is 13.2 Å². The van der Waals surface area contributed by atoms with Gasteiger partial charge in [-0.1, -0.05) is 12.1 Å². The van der Waals surface area contributed by atoms with Gasteiger partial charge in [-0.05, 0) is 37.5 Å². The fraction of sp³-hybridized carbons (Fsp3) is 0.462. The Labute approximate surface area is 109 Å². The number of nitrogens with one attached hydrogen (secondary N) is 2. The molecule has 0 saturated heterocycles. The smallest absolute Gasteiger partial charge is 0.335 e. The lowest BCUT2D eigenvalue weighted by Gasteiger charge is -2.16. The van der Waals surface area contributed by atoms with Crippen LogP contribution in [0.25, 0.3) is 0 Å². The Morgan fingerprint density at radius 1 is 1.37 bits per heavy atom. The van der Waals surface area contributed by atoms with Gasteiger partial charge in [0.25, 0.3) is 0 Å². The van der Waals surface area contributed by atoms with Crippen LogP contribution >= 0.6 is 0 Å². The van der Waals surface area contributed by atoms with Crippen LogP contribution in [0.5, 0.6) is 0 Å². The average Bonchev–Trinajstić information content (AvgIpc) is 3.11. The van der Waals surface area contributed by atoms with Crippen LogP contribution in [0.1, 0.15) is 36.9 Å². The number of hydrogen-bond donors (Lipinski definition) is 2. The van der Waals surface area contributed by atoms with Crippen LogP contribution in [-0.4, -0.2) is 12.1 Å². The van der Waals surface area contributed by atoms with E-state index in [0.717, 1.165) is 25.0 Å². The minimum Gasteiger partial charge on any atom is -0.335 e. The number of carbonyl (C=O) groups is 1. The minimum absolute atomic E-state index is 0.216. The Hall–Kier alpha value is -1.72. The van der Waals surface area contributed by atoms with Crippen molar-refractivity contribution in [3.8, 4) is 0 Å². The zero-order valence-electron chi connectivity index (χ0n) is 10.4. The molecule has 1 atom stereocenters. The van der Waals surface area contributed by atoms with Crippen molar-refractivity contribution in [2.75, 3.05) is 0 Å². The Morgan fingerprint density at radius 3 is 2.63 bits per heavy atom. The summed E-state index contributed by atoms with van der Waals surface area (Å²) in [5, 5.41) is 5.36. The van der Waals surface area contributed by atoms with Crippen molar-refractivity contribution in [2.24, 2.45) is 0 Å². The van der Waals surface area contributed by atoms with E-state index in [1.54, 1.807) is 13.0 Å². The first-order chi connectivity index (χ1) is 8.86. The lowest BCUT2D eigenvalue weighted by atomic mass is 10.1. The number of urea groups is 1. The van der Waals surface area contributed by atoms with Gasteiger partial charge in [-0.25, -0.2) is 4.79 Å². The second kappa shape index (κ2) is 5.11. The lowest BCUT2D eigenvalue weighted by Crippen LogP contribution is -2.38. The molecule has 0 spiro atoms. The third-order valence-electron chi connectivity index (χ3n) is 2.97. The molecule has 2 amide bonds. The molecule has 3 nitrogen and oxygen atoms in total. The van der Waals surface area contributed by atoms with Crippen LogP contribution in [0.15, 0.2) is 24.3 Å². The zero-order valence-corrected chi connectivity index (χ0v) is 10.4. The first-order valence-electron chi connectivity index (χ1n) is 6.10. The molecule has 0 heterocycles. The van der Waals surface area contributed by atoms with E-state index in [-0.39, 0.29) is 12.1 Å². The maximum Gasteiger partial charge on any atom is 0.416 e. The van der Waals surface area contributed by atoms with E-state index in [1.807, 2.05) is 0 Å². The Bertz CT molecular complexity index is 469. The number of hydrogen-bond acceptors (Lipinski definition) is 1. The van der Waals surface area contributed by atoms with Crippen molar-refractivity contribution >= 4 is 6.03 Å². The molecule has 0 aromatic heterocycles. The van der Waals surface area contributed by atoms with Gasteiger partial charge < -0.3 is 10.6 Å². The van der Waals surface area contributed by atoms with Crippen LogP contribution in [0.2, 0.25) is 0 Å². The Morgan fingerprint density at radius 2 is 2.05 bits per heavy atom. The molecule has 1 aliphatic carbocycles. The summed E-state index contributed by atoms with van der Waals surface area (Å²) in [6.45, 7) is 1.65. The molecule has 1 saturated carbocycles. The predicted octanol–water partition coefficient (Wildman–Crippen LogP) is 3.23. The van der Waals surface area contributed by atoms with E-state index in [9.17, 15) is 18.0 Å². The van der Waals surface area contributed by atoms with Crippen LogP contribution in [0.3, 0.4) is 0 Å². The molecule has 0 bridgehead atoms. The minimum atomic E-state index is -4.37. The Balaban J connectivity index is 2.01. The van der Waals surface area contributed by atoms with Gasteiger partial charge in [0.15, 0.2) is 0 Å². The summed E-state index contributed by atoms with van der Waals surface area (Å²) in [5.74, 6) is 0. The van der Waals surface area contributed by atoms with E-state index in [1.165, 1.54) is 6.07 Å². The van der Waals surface area contributed by atoms with Gasteiger partial charge in [0.2, 0.25) is 0 Å². The fourth-order valence-corrected chi connectivity index (χ4v) is 1.72. The van der Waals surface area contributed by atoms with Gasteiger partial charge in [-0.3, -0.25) is 0 Å². The number of benzene rings is 1. The molecule has 2 N–H and O–H groups in total. The topological polar surface area (TPSA) is 41.1 Å².